The third-order valence-corrected chi connectivity index (χ3v) is 8.06. The van der Waals surface area contributed by atoms with Gasteiger partial charge in [0.1, 0.15) is 12.1 Å². The van der Waals surface area contributed by atoms with Crippen LogP contribution < -0.4 is 10.6 Å². The van der Waals surface area contributed by atoms with Crippen molar-refractivity contribution >= 4 is 17.8 Å². The first kappa shape index (κ1) is 31.8. The van der Waals surface area contributed by atoms with Gasteiger partial charge in [-0.3, -0.25) is 19.3 Å². The van der Waals surface area contributed by atoms with Crippen LogP contribution >= 0.6 is 0 Å². The van der Waals surface area contributed by atoms with Gasteiger partial charge in [0.15, 0.2) is 0 Å². The summed E-state index contributed by atoms with van der Waals surface area (Å²) in [7, 11) is 5.00. The van der Waals surface area contributed by atoms with Crippen molar-refractivity contribution in [1.82, 2.24) is 20.4 Å². The molecule has 1 fully saturated rings. The molecule has 38 heavy (non-hydrogen) atoms. The van der Waals surface area contributed by atoms with E-state index in [1.54, 1.807) is 11.9 Å². The lowest BCUT2D eigenvalue weighted by Crippen LogP contribution is -2.62. The van der Waals surface area contributed by atoms with Crippen molar-refractivity contribution in [2.45, 2.75) is 90.9 Å². The number of carbonyl (C=O) groups excluding carboxylic acids is 3. The van der Waals surface area contributed by atoms with E-state index in [9.17, 15) is 14.4 Å². The summed E-state index contributed by atoms with van der Waals surface area (Å²) in [5.74, 6) is -0.417. The summed E-state index contributed by atoms with van der Waals surface area (Å²) in [6, 6.07) is 8.26. The molecule has 8 nitrogen and oxygen atoms in total. The van der Waals surface area contributed by atoms with Crippen molar-refractivity contribution in [3.63, 3.8) is 0 Å². The highest BCUT2D eigenvalue weighted by Gasteiger charge is 2.42. The van der Waals surface area contributed by atoms with Crippen LogP contribution in [-0.4, -0.2) is 86.0 Å². The fourth-order valence-electron chi connectivity index (χ4n) is 5.56. The van der Waals surface area contributed by atoms with E-state index in [1.165, 1.54) is 7.11 Å². The van der Waals surface area contributed by atoms with Gasteiger partial charge in [-0.25, -0.2) is 0 Å². The van der Waals surface area contributed by atoms with E-state index in [4.69, 9.17) is 4.74 Å². The summed E-state index contributed by atoms with van der Waals surface area (Å²) in [6.45, 7) is 15.5. The highest BCUT2D eigenvalue weighted by Crippen LogP contribution is 2.29. The number of likely N-dealkylation sites (N-methyl/N-ethyl adjacent to an activating group) is 2. The Labute approximate surface area is 229 Å². The summed E-state index contributed by atoms with van der Waals surface area (Å²) in [5, 5.41) is 6.30. The van der Waals surface area contributed by atoms with Crippen molar-refractivity contribution in [2.75, 3.05) is 34.3 Å². The summed E-state index contributed by atoms with van der Waals surface area (Å²) in [5.41, 5.74) is 0.0205. The third-order valence-electron chi connectivity index (χ3n) is 8.06. The van der Waals surface area contributed by atoms with Gasteiger partial charge in [-0.05, 0) is 43.3 Å². The van der Waals surface area contributed by atoms with Crippen molar-refractivity contribution in [2.24, 2.45) is 11.3 Å². The molecule has 2 rings (SSSR count). The maximum absolute atomic E-state index is 14.0. The minimum Gasteiger partial charge on any atom is -0.468 e. The summed E-state index contributed by atoms with van der Waals surface area (Å²) in [4.78, 5) is 44.0. The Balaban J connectivity index is 2.28. The van der Waals surface area contributed by atoms with Crippen LogP contribution in [0.1, 0.15) is 66.9 Å². The van der Waals surface area contributed by atoms with E-state index in [0.717, 1.165) is 24.9 Å². The van der Waals surface area contributed by atoms with Crippen molar-refractivity contribution < 1.29 is 19.1 Å². The number of esters is 1. The number of likely N-dealkylation sites (tertiary alicyclic amines) is 1. The van der Waals surface area contributed by atoms with Crippen LogP contribution in [-0.2, 0) is 24.5 Å². The second-order valence-corrected chi connectivity index (χ2v) is 12.6. The Kier molecular flexibility index (Phi) is 10.9. The van der Waals surface area contributed by atoms with Gasteiger partial charge in [-0.1, -0.05) is 78.8 Å². The van der Waals surface area contributed by atoms with Gasteiger partial charge in [0.2, 0.25) is 11.8 Å². The molecule has 214 valence electrons. The lowest BCUT2D eigenvalue weighted by Gasteiger charge is -2.41. The van der Waals surface area contributed by atoms with Gasteiger partial charge in [0, 0.05) is 25.0 Å². The van der Waals surface area contributed by atoms with Gasteiger partial charge in [0.05, 0.1) is 13.2 Å². The van der Waals surface area contributed by atoms with Crippen molar-refractivity contribution in [1.29, 1.82) is 0 Å². The molecule has 1 aromatic rings. The Morgan fingerprint density at radius 3 is 2.18 bits per heavy atom. The molecule has 8 heteroatoms. The van der Waals surface area contributed by atoms with Crippen LogP contribution in [0.3, 0.4) is 0 Å². The van der Waals surface area contributed by atoms with E-state index >= 15 is 0 Å². The van der Waals surface area contributed by atoms with Crippen LogP contribution in [0.2, 0.25) is 0 Å². The van der Waals surface area contributed by atoms with Gasteiger partial charge in [-0.2, -0.15) is 0 Å². The van der Waals surface area contributed by atoms with E-state index in [1.807, 2.05) is 72.0 Å². The van der Waals surface area contributed by atoms with Gasteiger partial charge in [-0.15, -0.1) is 0 Å². The second-order valence-electron chi connectivity index (χ2n) is 12.6. The predicted molar refractivity (Wildman–Crippen MR) is 152 cm³/mol. The fraction of sp³-hybridized carbons (Fsp3) is 0.700. The number of ether oxygens (including phenoxy) is 1. The molecule has 0 radical (unpaired) electrons. The quantitative estimate of drug-likeness (QED) is 0.427. The minimum absolute atomic E-state index is 0.129. The molecule has 0 aliphatic carbocycles. The topological polar surface area (TPSA) is 91.0 Å². The second kappa shape index (κ2) is 13.1. The monoisotopic (exact) mass is 530 g/mol. The maximum atomic E-state index is 14.0. The first-order valence-electron chi connectivity index (χ1n) is 13.8. The number of hydrogen-bond acceptors (Lipinski definition) is 6. The molecule has 1 aliphatic heterocycles. The zero-order valence-electron chi connectivity index (χ0n) is 25.1. The zero-order valence-corrected chi connectivity index (χ0v) is 25.1. The normalized spacial score (nSPS) is 19.1. The van der Waals surface area contributed by atoms with Crippen molar-refractivity contribution in [3.8, 4) is 0 Å². The number of nitrogens with one attached hydrogen (secondary N) is 2. The van der Waals surface area contributed by atoms with Crippen LogP contribution in [0.25, 0.3) is 0 Å². The van der Waals surface area contributed by atoms with E-state index < -0.39 is 22.9 Å². The van der Waals surface area contributed by atoms with Gasteiger partial charge in [0.25, 0.3) is 0 Å². The average molecular weight is 531 g/mol. The number of rotatable bonds is 11. The third kappa shape index (κ3) is 7.35. The van der Waals surface area contributed by atoms with Crippen LogP contribution in [0, 0.1) is 11.3 Å². The first-order chi connectivity index (χ1) is 17.7. The number of benzene rings is 1. The van der Waals surface area contributed by atoms with E-state index in [-0.39, 0.29) is 35.8 Å². The molecule has 0 saturated carbocycles. The summed E-state index contributed by atoms with van der Waals surface area (Å²) >= 11 is 0. The number of amides is 2. The standard InChI is InChI=1S/C30H50N4O4/c1-20(2)23(19-34-18-14-17-22(34)28(37)38-10)33(9)27(36)25(29(3,4)5)32-26(35)24(31-8)30(6,7)21-15-12-11-13-16-21/h11-13,15-16,20,22-25,31H,14,17-19H2,1-10H3,(H,32,35)/t22-,23?,24?,25?/m0/s1. The van der Waals surface area contributed by atoms with Gasteiger partial charge >= 0.3 is 5.97 Å². The zero-order chi connectivity index (χ0) is 28.8. The van der Waals surface area contributed by atoms with Crippen LogP contribution in [0.4, 0.5) is 0 Å². The molecule has 2 N–H and O–H groups in total. The average Bonchev–Trinajstić information content (AvgIpc) is 3.32. The van der Waals surface area contributed by atoms with Crippen LogP contribution in [0.15, 0.2) is 30.3 Å². The Hall–Kier alpha value is -2.45. The number of hydrogen-bond donors (Lipinski definition) is 2. The largest absolute Gasteiger partial charge is 0.468 e. The molecule has 1 heterocycles. The molecule has 3 unspecified atom stereocenters. The molecular formula is C30H50N4O4. The highest BCUT2D eigenvalue weighted by molar-refractivity contribution is 5.91. The smallest absolute Gasteiger partial charge is 0.323 e. The molecule has 4 atom stereocenters. The number of nitrogens with zero attached hydrogens (tertiary/aromatic N) is 2. The molecular weight excluding hydrogens is 480 g/mol. The molecule has 1 saturated heterocycles. The van der Waals surface area contributed by atoms with E-state index in [2.05, 4.69) is 29.4 Å². The Bertz CT molecular complexity index is 941. The lowest BCUT2D eigenvalue weighted by atomic mass is 9.76. The highest BCUT2D eigenvalue weighted by atomic mass is 16.5. The Morgan fingerprint density at radius 2 is 1.68 bits per heavy atom. The molecule has 0 spiro atoms. The van der Waals surface area contributed by atoms with Gasteiger partial charge < -0.3 is 20.3 Å². The maximum Gasteiger partial charge on any atom is 0.323 e. The molecule has 1 aromatic carbocycles. The molecule has 0 aromatic heterocycles. The lowest BCUT2D eigenvalue weighted by molar-refractivity contribution is -0.146. The molecule has 2 amide bonds. The number of methoxy groups -OCH3 is 1. The summed E-state index contributed by atoms with van der Waals surface area (Å²) < 4.78 is 5.02. The SMILES string of the molecule is CNC(C(=O)NC(C(=O)N(C)C(CN1CCC[C@H]1C(=O)OC)C(C)C)C(C)(C)C)C(C)(C)c1ccccc1. The van der Waals surface area contributed by atoms with Crippen LogP contribution in [0.5, 0.6) is 0 Å². The minimum atomic E-state index is -0.723. The predicted octanol–water partition coefficient (Wildman–Crippen LogP) is 3.20. The summed E-state index contributed by atoms with van der Waals surface area (Å²) in [6.07, 6.45) is 1.68. The Morgan fingerprint density at radius 1 is 1.08 bits per heavy atom. The molecule has 1 aliphatic rings. The number of carbonyl (C=O) groups is 3. The first-order valence-corrected chi connectivity index (χ1v) is 13.8. The fourth-order valence-corrected chi connectivity index (χ4v) is 5.56. The van der Waals surface area contributed by atoms with Crippen molar-refractivity contribution in [3.05, 3.63) is 35.9 Å². The molecule has 0 bridgehead atoms. The van der Waals surface area contributed by atoms with E-state index in [0.29, 0.717) is 6.54 Å².